The molecule has 5 nitrogen and oxygen atoms in total. The molecule has 0 bridgehead atoms. The minimum Gasteiger partial charge on any atom is -0.477 e. The van der Waals surface area contributed by atoms with E-state index in [2.05, 4.69) is 4.74 Å². The minimum atomic E-state index is -2.44. The van der Waals surface area contributed by atoms with Gasteiger partial charge in [0.1, 0.15) is 6.61 Å². The van der Waals surface area contributed by atoms with Gasteiger partial charge >= 0.3 is 5.97 Å². The molecule has 0 fully saturated rings. The van der Waals surface area contributed by atoms with Crippen LogP contribution < -0.4 is 0 Å². The summed E-state index contributed by atoms with van der Waals surface area (Å²) in [5.41, 5.74) is 0. The van der Waals surface area contributed by atoms with E-state index in [1.807, 2.05) is 0 Å². The molecule has 0 aliphatic heterocycles. The number of carboxylic acid groups (broad SMARTS) is 1. The Morgan fingerprint density at radius 1 is 1.78 bits per heavy atom. The molecule has 0 heterocycles. The number of hydrogen-bond donors (Lipinski definition) is 3. The van der Waals surface area contributed by atoms with Crippen molar-refractivity contribution in [2.75, 3.05) is 13.7 Å². The Kier molecular flexibility index (Phi) is 2.57. The monoisotopic (exact) mass is 136 g/mol. The Hall–Kier alpha value is -0.650. The van der Waals surface area contributed by atoms with Gasteiger partial charge < -0.3 is 20.1 Å². The first-order valence-electron chi connectivity index (χ1n) is 2.18. The van der Waals surface area contributed by atoms with Gasteiger partial charge in [-0.15, -0.1) is 0 Å². The van der Waals surface area contributed by atoms with Crippen LogP contribution in [0.5, 0.6) is 0 Å². The third-order valence-corrected chi connectivity index (χ3v) is 0.886. The summed E-state index contributed by atoms with van der Waals surface area (Å²) in [5, 5.41) is 24.9. The summed E-state index contributed by atoms with van der Waals surface area (Å²) in [7, 11) is 0.990. The van der Waals surface area contributed by atoms with Crippen LogP contribution in [0.15, 0.2) is 0 Å². The normalized spacial score (nSPS) is 16.8. The first-order chi connectivity index (χ1) is 4.06. The maximum absolute atomic E-state index is 9.95. The molecule has 0 rings (SSSR count). The summed E-state index contributed by atoms with van der Waals surface area (Å²) in [5.74, 6) is -4.05. The van der Waals surface area contributed by atoms with E-state index in [4.69, 9.17) is 15.3 Å². The van der Waals surface area contributed by atoms with Crippen LogP contribution in [0.25, 0.3) is 0 Å². The standard InChI is InChI=1S/C4H8O5/c1-9-4(8,2-5)3(6)7/h5,8H,2H2,1H3,(H,6,7). The Balaban J connectivity index is 4.09. The minimum absolute atomic E-state index is 0.959. The first kappa shape index (κ1) is 8.35. The lowest BCUT2D eigenvalue weighted by Gasteiger charge is -2.17. The van der Waals surface area contributed by atoms with Crippen molar-refractivity contribution in [2.24, 2.45) is 0 Å². The van der Waals surface area contributed by atoms with Gasteiger partial charge in [0.25, 0.3) is 5.79 Å². The zero-order valence-corrected chi connectivity index (χ0v) is 4.87. The van der Waals surface area contributed by atoms with Gasteiger partial charge in [0.2, 0.25) is 0 Å². The number of aliphatic hydroxyl groups excluding tert-OH is 1. The van der Waals surface area contributed by atoms with Crippen molar-refractivity contribution in [3.63, 3.8) is 0 Å². The lowest BCUT2D eigenvalue weighted by atomic mass is 10.3. The average molecular weight is 136 g/mol. The molecule has 0 aliphatic rings. The molecule has 0 saturated carbocycles. The molecule has 3 N–H and O–H groups in total. The highest BCUT2D eigenvalue weighted by atomic mass is 16.6. The number of hydrogen-bond acceptors (Lipinski definition) is 4. The highest BCUT2D eigenvalue weighted by molar-refractivity contribution is 5.75. The molecule has 54 valence electrons. The molecule has 1 atom stereocenters. The molecule has 0 amide bonds. The van der Waals surface area contributed by atoms with Crippen molar-refractivity contribution in [3.05, 3.63) is 0 Å². The van der Waals surface area contributed by atoms with Crippen LogP contribution in [0.3, 0.4) is 0 Å². The second kappa shape index (κ2) is 2.77. The molecule has 0 spiro atoms. The van der Waals surface area contributed by atoms with Gasteiger partial charge in [-0.2, -0.15) is 0 Å². The maximum Gasteiger partial charge on any atom is 0.366 e. The van der Waals surface area contributed by atoms with Gasteiger partial charge in [0.15, 0.2) is 0 Å². The number of ether oxygens (including phenoxy) is 1. The van der Waals surface area contributed by atoms with Crippen molar-refractivity contribution in [2.45, 2.75) is 5.79 Å². The molecule has 0 aromatic rings. The van der Waals surface area contributed by atoms with Crippen LogP contribution in [0.1, 0.15) is 0 Å². The molecule has 1 unspecified atom stereocenters. The first-order valence-corrected chi connectivity index (χ1v) is 2.18. The summed E-state index contributed by atoms with van der Waals surface area (Å²) in [6.07, 6.45) is 0. The van der Waals surface area contributed by atoms with E-state index in [-0.39, 0.29) is 0 Å². The highest BCUT2D eigenvalue weighted by Crippen LogP contribution is 2.02. The van der Waals surface area contributed by atoms with E-state index in [0.29, 0.717) is 0 Å². The zero-order chi connectivity index (χ0) is 7.49. The van der Waals surface area contributed by atoms with E-state index >= 15 is 0 Å². The molecular weight excluding hydrogens is 128 g/mol. The topological polar surface area (TPSA) is 87.0 Å². The molecule has 9 heavy (non-hydrogen) atoms. The van der Waals surface area contributed by atoms with E-state index in [9.17, 15) is 4.79 Å². The van der Waals surface area contributed by atoms with Gasteiger partial charge in [-0.3, -0.25) is 0 Å². The highest BCUT2D eigenvalue weighted by Gasteiger charge is 2.34. The van der Waals surface area contributed by atoms with E-state index < -0.39 is 18.4 Å². The Morgan fingerprint density at radius 3 is 2.22 bits per heavy atom. The predicted octanol–water partition coefficient (Wildman–Crippen LogP) is -1.60. The second-order valence-electron chi connectivity index (χ2n) is 1.45. The molecule has 0 aliphatic carbocycles. The van der Waals surface area contributed by atoms with Crippen molar-refractivity contribution in [3.8, 4) is 0 Å². The number of aliphatic carboxylic acids is 1. The number of rotatable bonds is 3. The summed E-state index contributed by atoms with van der Waals surface area (Å²) in [6, 6.07) is 0. The molecule has 0 aromatic heterocycles. The van der Waals surface area contributed by atoms with Gasteiger partial charge in [0.05, 0.1) is 0 Å². The van der Waals surface area contributed by atoms with Crippen molar-refractivity contribution in [1.82, 2.24) is 0 Å². The van der Waals surface area contributed by atoms with Crippen LogP contribution in [0.2, 0.25) is 0 Å². The van der Waals surface area contributed by atoms with Crippen LogP contribution >= 0.6 is 0 Å². The largest absolute Gasteiger partial charge is 0.477 e. The number of carbonyl (C=O) groups is 1. The third-order valence-electron chi connectivity index (χ3n) is 0.886. The van der Waals surface area contributed by atoms with Crippen molar-refractivity contribution < 1.29 is 24.9 Å². The summed E-state index contributed by atoms with van der Waals surface area (Å²) in [4.78, 5) is 9.95. The van der Waals surface area contributed by atoms with Gasteiger partial charge in [-0.1, -0.05) is 0 Å². The van der Waals surface area contributed by atoms with Crippen molar-refractivity contribution in [1.29, 1.82) is 0 Å². The molecule has 5 heteroatoms. The van der Waals surface area contributed by atoms with Gasteiger partial charge in [0, 0.05) is 7.11 Å². The number of carboxylic acids is 1. The molecule has 0 radical (unpaired) electrons. The smallest absolute Gasteiger partial charge is 0.366 e. The molecular formula is C4H8O5. The van der Waals surface area contributed by atoms with Crippen molar-refractivity contribution >= 4 is 5.97 Å². The van der Waals surface area contributed by atoms with E-state index in [0.717, 1.165) is 7.11 Å². The predicted molar refractivity (Wildman–Crippen MR) is 26.7 cm³/mol. The Labute approximate surface area is 51.5 Å². The lowest BCUT2D eigenvalue weighted by Crippen LogP contribution is -2.44. The SMILES string of the molecule is COC(O)(CO)C(=O)O. The summed E-state index contributed by atoms with van der Waals surface area (Å²) in [6.45, 7) is -0.959. The fraction of sp³-hybridized carbons (Fsp3) is 0.750. The number of aliphatic hydroxyl groups is 2. The van der Waals surface area contributed by atoms with E-state index in [1.54, 1.807) is 0 Å². The van der Waals surface area contributed by atoms with Gasteiger partial charge in [-0.25, -0.2) is 4.79 Å². The molecule has 0 aromatic carbocycles. The van der Waals surface area contributed by atoms with Crippen LogP contribution in [-0.4, -0.2) is 40.8 Å². The fourth-order valence-corrected chi connectivity index (χ4v) is 0.219. The van der Waals surface area contributed by atoms with Crippen LogP contribution in [-0.2, 0) is 9.53 Å². The summed E-state index contributed by atoms with van der Waals surface area (Å²) >= 11 is 0. The third kappa shape index (κ3) is 1.63. The van der Waals surface area contributed by atoms with E-state index in [1.165, 1.54) is 0 Å². The van der Waals surface area contributed by atoms with Crippen LogP contribution in [0.4, 0.5) is 0 Å². The Morgan fingerprint density at radius 2 is 2.22 bits per heavy atom. The lowest BCUT2D eigenvalue weighted by molar-refractivity contribution is -0.225. The molecule has 0 saturated heterocycles. The average Bonchev–Trinajstić information content (AvgIpc) is 1.86. The van der Waals surface area contributed by atoms with Gasteiger partial charge in [-0.05, 0) is 0 Å². The number of methoxy groups -OCH3 is 1. The fourth-order valence-electron chi connectivity index (χ4n) is 0.219. The Bertz CT molecular complexity index is 106. The second-order valence-corrected chi connectivity index (χ2v) is 1.45. The summed E-state index contributed by atoms with van der Waals surface area (Å²) < 4.78 is 4.05. The quantitative estimate of drug-likeness (QED) is 0.407. The van der Waals surface area contributed by atoms with Crippen LogP contribution in [0, 0.1) is 0 Å². The maximum atomic E-state index is 9.95. The zero-order valence-electron chi connectivity index (χ0n) is 4.87.